The molecule has 0 radical (unpaired) electrons. The summed E-state index contributed by atoms with van der Waals surface area (Å²) in [6, 6.07) is 0. The fraction of sp³-hybridized carbons (Fsp3) is 0.867. The van der Waals surface area contributed by atoms with Gasteiger partial charge >= 0.3 is 0 Å². The van der Waals surface area contributed by atoms with Crippen LogP contribution < -0.4 is 0 Å². The molecule has 0 unspecified atom stereocenters. The minimum absolute atomic E-state index is 0.459. The molecule has 0 spiro atoms. The quantitative estimate of drug-likeness (QED) is 0.667. The molecular formula is C15H26O. The summed E-state index contributed by atoms with van der Waals surface area (Å²) in [5.74, 6) is 1.12. The maximum absolute atomic E-state index is 10.2. The van der Waals surface area contributed by atoms with Crippen molar-refractivity contribution < 1.29 is 5.11 Å². The van der Waals surface area contributed by atoms with E-state index >= 15 is 0 Å². The van der Waals surface area contributed by atoms with Gasteiger partial charge < -0.3 is 5.11 Å². The molecule has 0 heterocycles. The summed E-state index contributed by atoms with van der Waals surface area (Å²) in [6.45, 7) is 10.6. The summed E-state index contributed by atoms with van der Waals surface area (Å²) in [5.41, 5.74) is 1.42. The number of hydrogen-bond acceptors (Lipinski definition) is 1. The maximum atomic E-state index is 10.2. The zero-order valence-corrected chi connectivity index (χ0v) is 11.1. The molecule has 0 bridgehead atoms. The summed E-state index contributed by atoms with van der Waals surface area (Å²) in [5, 5.41) is 10.2. The van der Waals surface area contributed by atoms with Gasteiger partial charge in [0.1, 0.15) is 0 Å². The average Bonchev–Trinajstić information content (AvgIpc) is 2.15. The minimum atomic E-state index is -0.515. The van der Waals surface area contributed by atoms with E-state index in [1.807, 2.05) is 13.8 Å². The Bertz CT molecular complexity index is 286. The van der Waals surface area contributed by atoms with Crippen LogP contribution in [0, 0.1) is 17.3 Å². The van der Waals surface area contributed by atoms with Crippen LogP contribution in [0.1, 0.15) is 59.3 Å². The van der Waals surface area contributed by atoms with Crippen molar-refractivity contribution in [1.82, 2.24) is 0 Å². The van der Waals surface area contributed by atoms with Gasteiger partial charge in [-0.05, 0) is 69.6 Å². The normalized spacial score (nSPS) is 40.6. The van der Waals surface area contributed by atoms with Crippen LogP contribution in [0.15, 0.2) is 12.2 Å². The van der Waals surface area contributed by atoms with E-state index in [0.29, 0.717) is 17.3 Å². The van der Waals surface area contributed by atoms with Crippen molar-refractivity contribution in [3.05, 3.63) is 12.2 Å². The van der Waals surface area contributed by atoms with Crippen LogP contribution >= 0.6 is 0 Å². The predicted molar refractivity (Wildman–Crippen MR) is 68.2 cm³/mol. The first-order valence-electron chi connectivity index (χ1n) is 6.73. The van der Waals surface area contributed by atoms with E-state index in [9.17, 15) is 5.11 Å². The molecule has 2 fully saturated rings. The maximum Gasteiger partial charge on any atom is 0.0620 e. The monoisotopic (exact) mass is 222 g/mol. The molecule has 0 aliphatic heterocycles. The summed E-state index contributed by atoms with van der Waals surface area (Å²) in [7, 11) is 0. The molecule has 92 valence electrons. The second-order valence-corrected chi connectivity index (χ2v) is 6.84. The van der Waals surface area contributed by atoms with Gasteiger partial charge in [-0.1, -0.05) is 19.1 Å². The van der Waals surface area contributed by atoms with Gasteiger partial charge in [-0.2, -0.15) is 0 Å². The Morgan fingerprint density at radius 3 is 2.69 bits per heavy atom. The molecule has 0 aromatic rings. The number of hydrogen-bond donors (Lipinski definition) is 1. The van der Waals surface area contributed by atoms with Crippen LogP contribution in [0.4, 0.5) is 0 Å². The number of aliphatic hydroxyl groups is 1. The SMILES string of the molecule is C=C1CCC[C@]2(C)CC[C@H](C(C)(C)O)C[C@@H]12. The first kappa shape index (κ1) is 12.2. The summed E-state index contributed by atoms with van der Waals surface area (Å²) < 4.78 is 0. The van der Waals surface area contributed by atoms with Crippen molar-refractivity contribution in [3.8, 4) is 0 Å². The number of rotatable bonds is 1. The Labute approximate surface area is 99.9 Å². The first-order chi connectivity index (χ1) is 7.33. The van der Waals surface area contributed by atoms with Crippen LogP contribution in [-0.2, 0) is 0 Å². The molecule has 0 amide bonds. The van der Waals surface area contributed by atoms with Crippen LogP contribution in [0.25, 0.3) is 0 Å². The molecular weight excluding hydrogens is 196 g/mol. The molecule has 0 aromatic carbocycles. The number of fused-ring (bicyclic) bond motifs is 1. The van der Waals surface area contributed by atoms with E-state index in [2.05, 4.69) is 13.5 Å². The van der Waals surface area contributed by atoms with E-state index in [1.54, 1.807) is 0 Å². The lowest BCUT2D eigenvalue weighted by Gasteiger charge is -2.50. The molecule has 1 N–H and O–H groups in total. The zero-order chi connectivity index (χ0) is 12.0. The molecule has 2 aliphatic rings. The zero-order valence-electron chi connectivity index (χ0n) is 11.1. The fourth-order valence-corrected chi connectivity index (χ4v) is 3.86. The van der Waals surface area contributed by atoms with Gasteiger partial charge in [-0.15, -0.1) is 0 Å². The van der Waals surface area contributed by atoms with E-state index in [4.69, 9.17) is 0 Å². The molecule has 2 rings (SSSR count). The van der Waals surface area contributed by atoms with E-state index < -0.39 is 5.60 Å². The fourth-order valence-electron chi connectivity index (χ4n) is 3.86. The van der Waals surface area contributed by atoms with E-state index in [0.717, 1.165) is 6.42 Å². The molecule has 1 nitrogen and oxygen atoms in total. The Hall–Kier alpha value is -0.300. The van der Waals surface area contributed by atoms with Gasteiger partial charge in [0.15, 0.2) is 0 Å². The summed E-state index contributed by atoms with van der Waals surface area (Å²) in [4.78, 5) is 0. The lowest BCUT2D eigenvalue weighted by Crippen LogP contribution is -2.43. The van der Waals surface area contributed by atoms with Crippen LogP contribution in [0.3, 0.4) is 0 Å². The van der Waals surface area contributed by atoms with Gasteiger partial charge in [-0.25, -0.2) is 0 Å². The molecule has 1 heteroatoms. The summed E-state index contributed by atoms with van der Waals surface area (Å²) in [6.07, 6.45) is 7.49. The standard InChI is InChI=1S/C15H26O/c1-11-6-5-8-15(4)9-7-12(10-13(11)15)14(2,3)16/h12-13,16H,1,5-10H2,2-4H3/t12-,13-,15+/m0/s1. The molecule has 0 saturated heterocycles. The summed E-state index contributed by atoms with van der Waals surface area (Å²) >= 11 is 0. The Balaban J connectivity index is 2.15. The van der Waals surface area contributed by atoms with Gasteiger partial charge in [0.2, 0.25) is 0 Å². The molecule has 2 saturated carbocycles. The van der Waals surface area contributed by atoms with Crippen molar-refractivity contribution in [2.75, 3.05) is 0 Å². The van der Waals surface area contributed by atoms with E-state index in [1.165, 1.54) is 37.7 Å². The van der Waals surface area contributed by atoms with Gasteiger partial charge in [0.25, 0.3) is 0 Å². The third-order valence-electron chi connectivity index (χ3n) is 5.16. The molecule has 0 aromatic heterocycles. The highest BCUT2D eigenvalue weighted by molar-refractivity contribution is 5.13. The van der Waals surface area contributed by atoms with Crippen molar-refractivity contribution >= 4 is 0 Å². The van der Waals surface area contributed by atoms with Crippen LogP contribution in [0.5, 0.6) is 0 Å². The second kappa shape index (κ2) is 3.87. The largest absolute Gasteiger partial charge is 0.390 e. The lowest BCUT2D eigenvalue weighted by molar-refractivity contribution is -0.0406. The second-order valence-electron chi connectivity index (χ2n) is 6.84. The van der Waals surface area contributed by atoms with Crippen molar-refractivity contribution in [2.24, 2.45) is 17.3 Å². The van der Waals surface area contributed by atoms with Crippen LogP contribution in [0.2, 0.25) is 0 Å². The van der Waals surface area contributed by atoms with Crippen LogP contribution in [-0.4, -0.2) is 10.7 Å². The highest BCUT2D eigenvalue weighted by Gasteiger charge is 2.45. The molecule has 16 heavy (non-hydrogen) atoms. The smallest absolute Gasteiger partial charge is 0.0620 e. The average molecular weight is 222 g/mol. The minimum Gasteiger partial charge on any atom is -0.390 e. The molecule has 3 atom stereocenters. The van der Waals surface area contributed by atoms with Crippen molar-refractivity contribution in [2.45, 2.75) is 64.9 Å². The Morgan fingerprint density at radius 1 is 1.38 bits per heavy atom. The third-order valence-corrected chi connectivity index (χ3v) is 5.16. The number of allylic oxidation sites excluding steroid dienone is 1. The topological polar surface area (TPSA) is 20.2 Å². The first-order valence-corrected chi connectivity index (χ1v) is 6.73. The molecule has 2 aliphatic carbocycles. The third kappa shape index (κ3) is 2.07. The van der Waals surface area contributed by atoms with Gasteiger partial charge in [-0.3, -0.25) is 0 Å². The lowest BCUT2D eigenvalue weighted by atomic mass is 9.55. The highest BCUT2D eigenvalue weighted by atomic mass is 16.3. The van der Waals surface area contributed by atoms with Crippen molar-refractivity contribution in [1.29, 1.82) is 0 Å². The van der Waals surface area contributed by atoms with Gasteiger partial charge in [0, 0.05) is 0 Å². The van der Waals surface area contributed by atoms with E-state index in [-0.39, 0.29) is 0 Å². The van der Waals surface area contributed by atoms with Gasteiger partial charge in [0.05, 0.1) is 5.60 Å². The van der Waals surface area contributed by atoms with Crippen molar-refractivity contribution in [3.63, 3.8) is 0 Å². The highest BCUT2D eigenvalue weighted by Crippen LogP contribution is 2.54. The predicted octanol–water partition coefficient (Wildman–Crippen LogP) is 3.92. The Kier molecular flexibility index (Phi) is 2.94. The Morgan fingerprint density at radius 2 is 2.06 bits per heavy atom.